The first kappa shape index (κ1) is 38.8. The number of aryl methyl sites for hydroxylation is 2. The number of benzene rings is 2. The number of nitrogens with one attached hydrogen (secondary N) is 2. The highest BCUT2D eigenvalue weighted by molar-refractivity contribution is 5.94. The number of carbonyl (C=O) groups excluding carboxylic acids is 2. The average molecular weight is 741 g/mol. The van der Waals surface area contributed by atoms with Crippen molar-refractivity contribution in [2.45, 2.75) is 90.3 Å². The second-order valence-corrected chi connectivity index (χ2v) is 14.7. The predicted octanol–water partition coefficient (Wildman–Crippen LogP) is 6.94. The van der Waals surface area contributed by atoms with Gasteiger partial charge >= 0.3 is 11.3 Å². The number of amides is 2. The predicted molar refractivity (Wildman–Crippen MR) is 211 cm³/mol. The standard InChI is InChI=1S/C42H52N4O8/c1-27-35(51-31-17-21-45(3)22-18-31)15-13-29-25-33(41(49)53-39(27)29)43-37(47)11-9-7-5-6-8-10-12-38(48)44-34-26-30-14-16-36(28(2)40(30)54-42(34)50)52-32-19-23-46(4)24-20-32/h5-6,13-16,25-26,31-32H,7-12,17-24H2,1-4H3,(H,43,47)(H,44,48)/b6-5+. The number of unbranched alkanes of at least 4 members (excludes halogenated alkanes) is 2. The van der Waals surface area contributed by atoms with Gasteiger partial charge in [-0.25, -0.2) is 9.59 Å². The number of anilines is 2. The maximum absolute atomic E-state index is 12.7. The molecule has 2 aliphatic heterocycles. The summed E-state index contributed by atoms with van der Waals surface area (Å²) in [5.41, 5.74) is 1.49. The molecular formula is C42H52N4O8. The zero-order valence-electron chi connectivity index (χ0n) is 31.8. The highest BCUT2D eigenvalue weighted by Crippen LogP contribution is 2.31. The van der Waals surface area contributed by atoms with Gasteiger partial charge in [0.15, 0.2) is 0 Å². The second kappa shape index (κ2) is 17.9. The summed E-state index contributed by atoms with van der Waals surface area (Å²) in [6.45, 7) is 7.70. The fourth-order valence-corrected chi connectivity index (χ4v) is 7.03. The van der Waals surface area contributed by atoms with Crippen LogP contribution in [0.1, 0.15) is 75.3 Å². The molecule has 12 heteroatoms. The van der Waals surface area contributed by atoms with Crippen molar-refractivity contribution < 1.29 is 27.9 Å². The van der Waals surface area contributed by atoms with Crippen molar-refractivity contribution in [1.29, 1.82) is 0 Å². The molecule has 0 spiro atoms. The molecule has 2 aromatic carbocycles. The normalized spacial score (nSPS) is 16.3. The molecule has 0 saturated carbocycles. The van der Waals surface area contributed by atoms with Crippen LogP contribution in [0.25, 0.3) is 21.9 Å². The Labute approximate surface area is 315 Å². The van der Waals surface area contributed by atoms with Gasteiger partial charge in [-0.15, -0.1) is 0 Å². The molecule has 4 heterocycles. The zero-order chi connectivity index (χ0) is 38.2. The summed E-state index contributed by atoms with van der Waals surface area (Å²) < 4.78 is 23.7. The lowest BCUT2D eigenvalue weighted by atomic mass is 10.1. The van der Waals surface area contributed by atoms with Crippen molar-refractivity contribution in [3.05, 3.63) is 80.5 Å². The van der Waals surface area contributed by atoms with E-state index in [-0.39, 0.29) is 48.2 Å². The van der Waals surface area contributed by atoms with Gasteiger partial charge in [-0.1, -0.05) is 12.2 Å². The van der Waals surface area contributed by atoms with Crippen molar-refractivity contribution in [2.75, 3.05) is 50.9 Å². The van der Waals surface area contributed by atoms with E-state index in [1.54, 1.807) is 12.1 Å². The number of ether oxygens (including phenoxy) is 2. The van der Waals surface area contributed by atoms with Crippen LogP contribution in [0.5, 0.6) is 11.5 Å². The summed E-state index contributed by atoms with van der Waals surface area (Å²) in [5.74, 6) is 0.893. The maximum atomic E-state index is 12.7. The Morgan fingerprint density at radius 2 is 1.07 bits per heavy atom. The minimum atomic E-state index is -0.599. The molecule has 2 saturated heterocycles. The molecule has 0 radical (unpaired) electrons. The summed E-state index contributed by atoms with van der Waals surface area (Å²) in [6.07, 6.45) is 11.0. The van der Waals surface area contributed by atoms with E-state index in [2.05, 4.69) is 34.5 Å². The molecule has 2 aromatic heterocycles. The Bertz CT molecular complexity index is 1960. The average Bonchev–Trinajstić information content (AvgIpc) is 3.15. The molecule has 0 bridgehead atoms. The third kappa shape index (κ3) is 9.97. The first-order valence-electron chi connectivity index (χ1n) is 19.1. The molecule has 0 aliphatic carbocycles. The molecule has 2 aliphatic rings. The van der Waals surface area contributed by atoms with E-state index in [4.69, 9.17) is 18.3 Å². The lowest BCUT2D eigenvalue weighted by Crippen LogP contribution is -2.35. The number of nitrogens with zero attached hydrogens (tertiary/aromatic N) is 2. The summed E-state index contributed by atoms with van der Waals surface area (Å²) in [5, 5.41) is 6.83. The van der Waals surface area contributed by atoms with Crippen LogP contribution in [0.3, 0.4) is 0 Å². The van der Waals surface area contributed by atoms with Crippen molar-refractivity contribution in [3.8, 4) is 11.5 Å². The Kier molecular flexibility index (Phi) is 12.9. The Morgan fingerprint density at radius 1 is 0.685 bits per heavy atom. The van der Waals surface area contributed by atoms with E-state index >= 15 is 0 Å². The van der Waals surface area contributed by atoms with Crippen LogP contribution in [0, 0.1) is 13.8 Å². The number of carbonyl (C=O) groups is 2. The van der Waals surface area contributed by atoms with Gasteiger partial charge in [0.25, 0.3) is 0 Å². The van der Waals surface area contributed by atoms with Gasteiger partial charge in [0.1, 0.15) is 46.2 Å². The molecule has 12 nitrogen and oxygen atoms in total. The van der Waals surface area contributed by atoms with Crippen LogP contribution in [0.2, 0.25) is 0 Å². The van der Waals surface area contributed by atoms with Crippen molar-refractivity contribution in [3.63, 3.8) is 0 Å². The highest BCUT2D eigenvalue weighted by Gasteiger charge is 2.22. The minimum absolute atomic E-state index is 0.114. The molecule has 2 amide bonds. The number of allylic oxidation sites excluding steroid dienone is 2. The van der Waals surface area contributed by atoms with Gasteiger partial charge in [-0.2, -0.15) is 0 Å². The lowest BCUT2D eigenvalue weighted by molar-refractivity contribution is -0.117. The van der Waals surface area contributed by atoms with E-state index in [1.807, 2.05) is 50.3 Å². The Hall–Kier alpha value is -4.94. The Morgan fingerprint density at radius 3 is 1.46 bits per heavy atom. The number of hydrogen-bond acceptors (Lipinski definition) is 10. The fourth-order valence-electron chi connectivity index (χ4n) is 7.03. The number of likely N-dealkylation sites (tertiary alicyclic amines) is 2. The van der Waals surface area contributed by atoms with E-state index in [0.29, 0.717) is 59.1 Å². The summed E-state index contributed by atoms with van der Waals surface area (Å²) in [4.78, 5) is 55.3. The molecule has 288 valence electrons. The maximum Gasteiger partial charge on any atom is 0.360 e. The van der Waals surface area contributed by atoms with E-state index in [0.717, 1.165) is 63.0 Å². The van der Waals surface area contributed by atoms with E-state index < -0.39 is 11.3 Å². The number of hydrogen-bond donors (Lipinski definition) is 2. The number of piperidine rings is 2. The third-order valence-corrected chi connectivity index (χ3v) is 10.4. The second-order valence-electron chi connectivity index (χ2n) is 14.7. The van der Waals surface area contributed by atoms with Crippen LogP contribution in [-0.4, -0.2) is 74.1 Å². The van der Waals surface area contributed by atoms with Gasteiger partial charge in [-0.05, 0) is 116 Å². The van der Waals surface area contributed by atoms with Gasteiger partial charge in [0.2, 0.25) is 11.8 Å². The monoisotopic (exact) mass is 740 g/mol. The molecule has 0 atom stereocenters. The molecule has 2 N–H and O–H groups in total. The van der Waals surface area contributed by atoms with Crippen molar-refractivity contribution >= 4 is 45.1 Å². The third-order valence-electron chi connectivity index (χ3n) is 10.4. The lowest BCUT2D eigenvalue weighted by Gasteiger charge is -2.29. The molecule has 2 fully saturated rings. The zero-order valence-corrected chi connectivity index (χ0v) is 31.8. The smallest absolute Gasteiger partial charge is 0.360 e. The molecule has 4 aromatic rings. The molecule has 6 rings (SSSR count). The van der Waals surface area contributed by atoms with Gasteiger partial charge in [0.05, 0.1) is 0 Å². The van der Waals surface area contributed by atoms with Crippen LogP contribution in [-0.2, 0) is 9.59 Å². The first-order chi connectivity index (χ1) is 26.0. The van der Waals surface area contributed by atoms with Gasteiger partial charge in [0, 0.05) is 60.9 Å². The van der Waals surface area contributed by atoms with E-state index in [1.165, 1.54) is 0 Å². The fraction of sp³-hybridized carbons (Fsp3) is 0.476. The Balaban J connectivity index is 0.901. The topological polar surface area (TPSA) is 144 Å². The molecular weight excluding hydrogens is 688 g/mol. The van der Waals surface area contributed by atoms with Gasteiger partial charge < -0.3 is 38.7 Å². The minimum Gasteiger partial charge on any atom is -0.490 e. The van der Waals surface area contributed by atoms with E-state index in [9.17, 15) is 19.2 Å². The first-order valence-corrected chi connectivity index (χ1v) is 19.1. The largest absolute Gasteiger partial charge is 0.490 e. The molecule has 54 heavy (non-hydrogen) atoms. The highest BCUT2D eigenvalue weighted by atomic mass is 16.5. The van der Waals surface area contributed by atoms with Crippen molar-refractivity contribution in [2.24, 2.45) is 0 Å². The summed E-state index contributed by atoms with van der Waals surface area (Å²) >= 11 is 0. The summed E-state index contributed by atoms with van der Waals surface area (Å²) in [6, 6.07) is 10.8. The van der Waals surface area contributed by atoms with Crippen LogP contribution in [0.15, 0.2) is 67.0 Å². The van der Waals surface area contributed by atoms with Crippen LogP contribution >= 0.6 is 0 Å². The number of fused-ring (bicyclic) bond motifs is 2. The van der Waals surface area contributed by atoms with Crippen LogP contribution in [0.4, 0.5) is 11.4 Å². The van der Waals surface area contributed by atoms with Crippen molar-refractivity contribution in [1.82, 2.24) is 9.80 Å². The molecule has 0 unspecified atom stereocenters. The number of rotatable bonds is 14. The van der Waals surface area contributed by atoms with Gasteiger partial charge in [-0.3, -0.25) is 9.59 Å². The van der Waals surface area contributed by atoms with Crippen LogP contribution < -0.4 is 31.4 Å². The SMILES string of the molecule is Cc1c(OC2CCN(C)CC2)ccc2cc(NC(=O)CCC/C=C/CCCC(=O)Nc3cc4ccc(OC5CCN(C)CC5)c(C)c4oc3=O)c(=O)oc12. The quantitative estimate of drug-likeness (QED) is 0.0793. The summed E-state index contributed by atoms with van der Waals surface area (Å²) in [7, 11) is 4.21.